The zero-order valence-corrected chi connectivity index (χ0v) is 22.6. The largest absolute Gasteiger partial charge is 0.195 e. The Labute approximate surface area is 228 Å². The van der Waals surface area contributed by atoms with E-state index in [1.54, 1.807) is 0 Å². The highest BCUT2D eigenvalue weighted by Gasteiger charge is 2.31. The molecule has 2 heteroatoms. The third-order valence-electron chi connectivity index (χ3n) is 7.13. The lowest BCUT2D eigenvalue weighted by atomic mass is 9.13. The van der Waals surface area contributed by atoms with Crippen LogP contribution in [0.4, 0.5) is 0 Å². The average Bonchev–Trinajstić information content (AvgIpc) is 3.01. The topological polar surface area (TPSA) is 0 Å². The van der Waals surface area contributed by atoms with E-state index in [4.69, 9.17) is 0 Å². The standard InChI is InChI=1S/C24H20B.C12H11P/c1-5-13-21(14-6-1)25(22-15-7-2-8-16-22,23-17-9-3-10-18-23)24-19-11-4-12-20-24;1-3-7-11(8-4-1)13-12-9-5-2-6-10-12/h1-20H;1-10,13H/q-1;/p+1. The van der Waals surface area contributed by atoms with Crippen molar-refractivity contribution in [3.8, 4) is 0 Å². The van der Waals surface area contributed by atoms with Gasteiger partial charge in [-0.1, -0.05) is 158 Å². The lowest BCUT2D eigenvalue weighted by molar-refractivity contribution is 1.66. The van der Waals surface area contributed by atoms with Crippen LogP contribution in [0.25, 0.3) is 0 Å². The van der Waals surface area contributed by atoms with Gasteiger partial charge >= 0.3 is 0 Å². The molecule has 0 radical (unpaired) electrons. The fraction of sp³-hybridized carbons (Fsp3) is 0. The van der Waals surface area contributed by atoms with E-state index in [0.717, 1.165) is 0 Å². The van der Waals surface area contributed by atoms with Crippen molar-refractivity contribution < 1.29 is 0 Å². The summed E-state index contributed by atoms with van der Waals surface area (Å²) in [5.41, 5.74) is 5.36. The lowest BCUT2D eigenvalue weighted by Crippen LogP contribution is -2.74. The molecule has 0 N–H and O–H groups in total. The molecule has 0 aliphatic rings. The predicted octanol–water partition coefficient (Wildman–Crippen LogP) is 5.11. The molecule has 0 bridgehead atoms. The molecule has 6 rings (SSSR count). The molecular weight excluding hydrogens is 474 g/mol. The first kappa shape index (κ1) is 25.5. The van der Waals surface area contributed by atoms with Gasteiger partial charge in [0.25, 0.3) is 0 Å². The Kier molecular flexibility index (Phi) is 8.62. The van der Waals surface area contributed by atoms with Gasteiger partial charge in [0.05, 0.1) is 19.2 Å². The minimum atomic E-state index is -1.22. The molecule has 6 aromatic rings. The van der Waals surface area contributed by atoms with Crippen LogP contribution in [0, 0.1) is 0 Å². The van der Waals surface area contributed by atoms with Crippen molar-refractivity contribution in [3.63, 3.8) is 0 Å². The molecule has 0 aliphatic heterocycles. The van der Waals surface area contributed by atoms with Crippen molar-refractivity contribution in [1.82, 2.24) is 0 Å². The van der Waals surface area contributed by atoms with E-state index in [1.165, 1.54) is 32.5 Å². The first-order valence-corrected chi connectivity index (χ1v) is 14.4. The molecule has 0 heterocycles. The third kappa shape index (κ3) is 5.86. The molecule has 0 fully saturated rings. The number of hydrogen-bond acceptors (Lipinski definition) is 0. The first-order chi connectivity index (χ1) is 18.9. The minimum absolute atomic E-state index is 0.271. The van der Waals surface area contributed by atoms with Gasteiger partial charge in [0, 0.05) is 0 Å². The predicted molar refractivity (Wildman–Crippen MR) is 172 cm³/mol. The van der Waals surface area contributed by atoms with E-state index < -0.39 is 6.15 Å². The number of rotatable bonds is 6. The average molecular weight is 506 g/mol. The van der Waals surface area contributed by atoms with Crippen LogP contribution >= 0.6 is 8.58 Å². The molecule has 0 amide bonds. The molecule has 184 valence electrons. The second-order valence-corrected chi connectivity index (χ2v) is 11.1. The van der Waals surface area contributed by atoms with Gasteiger partial charge in [-0.2, -0.15) is 21.9 Å². The van der Waals surface area contributed by atoms with Crippen LogP contribution in [0.5, 0.6) is 0 Å². The molecule has 0 spiro atoms. The van der Waals surface area contributed by atoms with E-state index in [2.05, 4.69) is 182 Å². The van der Waals surface area contributed by atoms with Crippen LogP contribution in [0.3, 0.4) is 0 Å². The van der Waals surface area contributed by atoms with Crippen molar-refractivity contribution in [2.24, 2.45) is 0 Å². The van der Waals surface area contributed by atoms with E-state index in [-0.39, 0.29) is 8.58 Å². The van der Waals surface area contributed by atoms with Crippen molar-refractivity contribution in [1.29, 1.82) is 0 Å². The third-order valence-corrected chi connectivity index (χ3v) is 8.57. The maximum absolute atomic E-state index is 2.26. The molecule has 0 unspecified atom stereocenters. The van der Waals surface area contributed by atoms with Gasteiger partial charge in [0.15, 0.2) is 0 Å². The Hall–Kier alpha value is -4.19. The van der Waals surface area contributed by atoms with Gasteiger partial charge in [-0.25, -0.2) is 0 Å². The maximum Gasteiger partial charge on any atom is 0.108 e. The zero-order valence-electron chi connectivity index (χ0n) is 21.5. The monoisotopic (exact) mass is 506 g/mol. The molecule has 0 atom stereocenters. The summed E-state index contributed by atoms with van der Waals surface area (Å²) in [7, 11) is 0.271. The highest BCUT2D eigenvalue weighted by molar-refractivity contribution is 7.55. The van der Waals surface area contributed by atoms with Gasteiger partial charge in [-0.15, -0.1) is 0 Å². The van der Waals surface area contributed by atoms with Crippen LogP contribution < -0.4 is 32.5 Å². The smallest absolute Gasteiger partial charge is 0.108 e. The Balaban J connectivity index is 0.000000190. The number of hydrogen-bond donors (Lipinski definition) is 0. The van der Waals surface area contributed by atoms with Crippen molar-refractivity contribution >= 4 is 47.2 Å². The molecule has 0 saturated heterocycles. The Morgan fingerprint density at radius 3 is 0.711 bits per heavy atom. The summed E-state index contributed by atoms with van der Waals surface area (Å²) >= 11 is 0. The fourth-order valence-electron chi connectivity index (χ4n) is 5.41. The van der Waals surface area contributed by atoms with Crippen LogP contribution in [0.2, 0.25) is 0 Å². The van der Waals surface area contributed by atoms with Crippen molar-refractivity contribution in [2.75, 3.05) is 0 Å². The van der Waals surface area contributed by atoms with Gasteiger partial charge in [-0.3, -0.25) is 0 Å². The molecular formula is C36H32BP. The summed E-state index contributed by atoms with van der Waals surface area (Å²) in [6, 6.07) is 64.8. The molecule has 0 saturated carbocycles. The zero-order chi connectivity index (χ0) is 25.9. The second kappa shape index (κ2) is 12.9. The Morgan fingerprint density at radius 2 is 0.474 bits per heavy atom. The summed E-state index contributed by atoms with van der Waals surface area (Å²) in [5, 5.41) is 2.90. The van der Waals surface area contributed by atoms with Gasteiger partial charge in [0.1, 0.15) is 6.15 Å². The van der Waals surface area contributed by atoms with Crippen LogP contribution in [0.1, 0.15) is 0 Å². The Bertz CT molecular complexity index is 1290. The van der Waals surface area contributed by atoms with Gasteiger partial charge < -0.3 is 0 Å². The maximum atomic E-state index is 2.26. The van der Waals surface area contributed by atoms with Crippen LogP contribution in [-0.2, 0) is 0 Å². The summed E-state index contributed by atoms with van der Waals surface area (Å²) in [5.74, 6) is 0. The molecule has 0 nitrogen and oxygen atoms in total. The van der Waals surface area contributed by atoms with Gasteiger partial charge in [-0.05, 0) is 24.3 Å². The van der Waals surface area contributed by atoms with Gasteiger partial charge in [0.2, 0.25) is 0 Å². The second-order valence-electron chi connectivity index (χ2n) is 9.47. The van der Waals surface area contributed by atoms with E-state index in [0.29, 0.717) is 0 Å². The Morgan fingerprint density at radius 1 is 0.263 bits per heavy atom. The van der Waals surface area contributed by atoms with E-state index in [9.17, 15) is 0 Å². The molecule has 38 heavy (non-hydrogen) atoms. The lowest BCUT2D eigenvalue weighted by Gasteiger charge is -2.44. The van der Waals surface area contributed by atoms with Crippen molar-refractivity contribution in [2.45, 2.75) is 0 Å². The van der Waals surface area contributed by atoms with Crippen LogP contribution in [0.15, 0.2) is 182 Å². The molecule has 0 aromatic heterocycles. The normalized spacial score (nSPS) is 10.7. The first-order valence-electron chi connectivity index (χ1n) is 13.2. The minimum Gasteiger partial charge on any atom is -0.195 e. The quantitative estimate of drug-likeness (QED) is 0.218. The number of benzene rings is 6. The van der Waals surface area contributed by atoms with Crippen molar-refractivity contribution in [3.05, 3.63) is 182 Å². The van der Waals surface area contributed by atoms with E-state index >= 15 is 0 Å². The summed E-state index contributed by atoms with van der Waals surface area (Å²) in [6.45, 7) is 0. The highest BCUT2D eigenvalue weighted by atomic mass is 31.1. The summed E-state index contributed by atoms with van der Waals surface area (Å²) in [4.78, 5) is 0. The highest BCUT2D eigenvalue weighted by Crippen LogP contribution is 2.10. The van der Waals surface area contributed by atoms with E-state index in [1.807, 2.05) is 0 Å². The van der Waals surface area contributed by atoms with Crippen LogP contribution in [-0.4, -0.2) is 6.15 Å². The fourth-order valence-corrected chi connectivity index (χ4v) is 6.63. The summed E-state index contributed by atoms with van der Waals surface area (Å²) in [6.07, 6.45) is -1.22. The SMILES string of the molecule is c1ccc([B-](c2ccccc2)(c2ccccc2)c2ccccc2)cc1.c1ccc([PH2+]c2ccccc2)cc1. The molecule has 0 aliphatic carbocycles. The summed E-state index contributed by atoms with van der Waals surface area (Å²) < 4.78 is 0. The molecule has 6 aromatic carbocycles.